The van der Waals surface area contributed by atoms with Crippen LogP contribution in [0.1, 0.15) is 11.1 Å². The predicted octanol–water partition coefficient (Wildman–Crippen LogP) is 4.60. The molecule has 0 aromatic heterocycles. The van der Waals surface area contributed by atoms with E-state index in [-0.39, 0.29) is 0 Å². The highest BCUT2D eigenvalue weighted by Crippen LogP contribution is 2.19. The molecule has 0 unspecified atom stereocenters. The van der Waals surface area contributed by atoms with Crippen molar-refractivity contribution >= 4 is 42.1 Å². The Morgan fingerprint density at radius 3 is 2.22 bits per heavy atom. The zero-order chi connectivity index (χ0) is 12.8. The predicted molar refractivity (Wildman–Crippen MR) is 86.1 cm³/mol. The molecule has 2 rings (SSSR count). The Hall–Kier alpha value is -1.45. The zero-order valence-corrected chi connectivity index (χ0v) is 11.5. The van der Waals surface area contributed by atoms with Gasteiger partial charge in [0.2, 0.25) is 0 Å². The molecular weight excluding hydrogens is 258 g/mol. The molecule has 0 amide bonds. The van der Waals surface area contributed by atoms with Crippen LogP contribution in [0.15, 0.2) is 65.0 Å². The summed E-state index contributed by atoms with van der Waals surface area (Å²) in [6.45, 7) is 0. The molecule has 0 spiro atoms. The molecule has 2 aromatic carbocycles. The summed E-state index contributed by atoms with van der Waals surface area (Å²) in [5.41, 5.74) is 3.06. The largest absolute Gasteiger partial charge is 0.256 e. The van der Waals surface area contributed by atoms with Gasteiger partial charge in [-0.25, -0.2) is 0 Å². The van der Waals surface area contributed by atoms with Gasteiger partial charge in [-0.15, -0.1) is 12.6 Å². The van der Waals surface area contributed by atoms with Gasteiger partial charge in [0.1, 0.15) is 0 Å². The number of rotatable bonds is 3. The van der Waals surface area contributed by atoms with E-state index >= 15 is 0 Å². The van der Waals surface area contributed by atoms with Crippen molar-refractivity contribution in [3.05, 3.63) is 71.1 Å². The highest BCUT2D eigenvalue weighted by Gasteiger charge is 1.95. The van der Waals surface area contributed by atoms with Gasteiger partial charge in [-0.05, 0) is 28.7 Å². The van der Waals surface area contributed by atoms with E-state index in [0.29, 0.717) is 0 Å². The first-order chi connectivity index (χ1) is 8.79. The molecule has 0 radical (unpaired) electrons. The van der Waals surface area contributed by atoms with Crippen LogP contribution in [-0.4, -0.2) is 6.21 Å². The maximum atomic E-state index is 4.40. The third-order valence-corrected chi connectivity index (χ3v) is 3.30. The summed E-state index contributed by atoms with van der Waals surface area (Å²) in [5, 5.41) is 1.68. The molecule has 0 fully saturated rings. The van der Waals surface area contributed by atoms with Crippen molar-refractivity contribution in [2.75, 3.05) is 0 Å². The number of hydrogen-bond acceptors (Lipinski definition) is 3. The lowest BCUT2D eigenvalue weighted by molar-refractivity contribution is 1.52. The summed E-state index contributed by atoms with van der Waals surface area (Å²) in [4.78, 5) is 5.25. The summed E-state index contributed by atoms with van der Waals surface area (Å²) in [6, 6.07) is 17.9. The minimum atomic E-state index is 0.852. The highest BCUT2D eigenvalue weighted by atomic mass is 32.1. The summed E-state index contributed by atoms with van der Waals surface area (Å²) >= 11 is 8.39. The number of thiol groups is 2. The first-order valence-corrected chi connectivity index (χ1v) is 6.49. The highest BCUT2D eigenvalue weighted by molar-refractivity contribution is 7.92. The van der Waals surface area contributed by atoms with Crippen LogP contribution in [0.4, 0.5) is 5.69 Å². The van der Waals surface area contributed by atoms with Gasteiger partial charge in [-0.1, -0.05) is 42.5 Å². The van der Waals surface area contributed by atoms with Crippen LogP contribution >= 0.6 is 25.3 Å². The molecule has 2 aromatic rings. The van der Waals surface area contributed by atoms with E-state index < -0.39 is 0 Å². The molecule has 0 N–H and O–H groups in total. The molecule has 0 saturated heterocycles. The molecular formula is C15H13NS2. The van der Waals surface area contributed by atoms with Crippen LogP contribution in [0.25, 0.3) is 4.91 Å². The van der Waals surface area contributed by atoms with Gasteiger partial charge in [-0.3, -0.25) is 4.99 Å². The average molecular weight is 271 g/mol. The van der Waals surface area contributed by atoms with E-state index in [0.717, 1.165) is 21.7 Å². The molecule has 0 heterocycles. The van der Waals surface area contributed by atoms with Crippen LogP contribution in [0.3, 0.4) is 0 Å². The van der Waals surface area contributed by atoms with E-state index in [1.54, 1.807) is 5.41 Å². The molecule has 3 heteroatoms. The van der Waals surface area contributed by atoms with Gasteiger partial charge >= 0.3 is 0 Å². The van der Waals surface area contributed by atoms with E-state index in [1.807, 2.05) is 60.8 Å². The first-order valence-electron chi connectivity index (χ1n) is 5.52. The van der Waals surface area contributed by atoms with E-state index in [9.17, 15) is 0 Å². The lowest BCUT2D eigenvalue weighted by Crippen LogP contribution is -1.82. The number of nitrogens with zero attached hydrogens (tertiary/aromatic N) is 1. The third kappa shape index (κ3) is 3.52. The maximum absolute atomic E-state index is 4.40. The van der Waals surface area contributed by atoms with Gasteiger partial charge in [0, 0.05) is 11.1 Å². The second-order valence-corrected chi connectivity index (χ2v) is 4.47. The zero-order valence-electron chi connectivity index (χ0n) is 9.69. The summed E-state index contributed by atoms with van der Waals surface area (Å²) in [7, 11) is 0. The van der Waals surface area contributed by atoms with Crippen molar-refractivity contribution in [1.29, 1.82) is 0 Å². The Balaban J connectivity index is 2.14. The number of para-hydroxylation sites is 1. The summed E-state index contributed by atoms with van der Waals surface area (Å²) < 4.78 is 0. The normalized spacial score (nSPS) is 12.0. The Morgan fingerprint density at radius 1 is 0.944 bits per heavy atom. The van der Waals surface area contributed by atoms with Crippen molar-refractivity contribution in [3.8, 4) is 0 Å². The molecule has 90 valence electrons. The van der Waals surface area contributed by atoms with Gasteiger partial charge in [-0.2, -0.15) is 12.6 Å². The van der Waals surface area contributed by atoms with Gasteiger partial charge < -0.3 is 0 Å². The van der Waals surface area contributed by atoms with E-state index in [2.05, 4.69) is 30.2 Å². The number of benzene rings is 2. The Labute approximate surface area is 118 Å². The monoisotopic (exact) mass is 271 g/mol. The molecule has 1 nitrogen and oxygen atoms in total. The van der Waals surface area contributed by atoms with E-state index in [4.69, 9.17) is 0 Å². The lowest BCUT2D eigenvalue weighted by Gasteiger charge is -2.00. The maximum Gasteiger partial charge on any atom is 0.0629 e. The number of hydrogen-bond donors (Lipinski definition) is 2. The average Bonchev–Trinajstić information content (AvgIpc) is 2.46. The lowest BCUT2D eigenvalue weighted by atomic mass is 10.1. The van der Waals surface area contributed by atoms with Crippen LogP contribution in [-0.2, 0) is 0 Å². The van der Waals surface area contributed by atoms with Crippen molar-refractivity contribution < 1.29 is 0 Å². The van der Waals surface area contributed by atoms with Crippen LogP contribution in [0.2, 0.25) is 0 Å². The molecule has 0 aliphatic rings. The standard InChI is InChI=1S/C15H13NS2/c17-11-15(18)13-8-6-12(7-9-13)10-16-14-4-2-1-3-5-14/h1-11,17-18H/b15-11-,16-10?. The molecule has 0 aliphatic heterocycles. The van der Waals surface area contributed by atoms with Crippen LogP contribution < -0.4 is 0 Å². The molecule has 0 aliphatic carbocycles. The van der Waals surface area contributed by atoms with E-state index in [1.165, 1.54) is 0 Å². The fourth-order valence-corrected chi connectivity index (χ4v) is 1.78. The van der Waals surface area contributed by atoms with Gasteiger partial charge in [0.25, 0.3) is 0 Å². The molecule has 0 atom stereocenters. The fourth-order valence-electron chi connectivity index (χ4n) is 1.48. The van der Waals surface area contributed by atoms with Crippen molar-refractivity contribution in [3.63, 3.8) is 0 Å². The Bertz CT molecular complexity index is 557. The molecule has 18 heavy (non-hydrogen) atoms. The summed E-state index contributed by atoms with van der Waals surface area (Å²) in [6.07, 6.45) is 1.85. The minimum absolute atomic E-state index is 0.852. The third-order valence-electron chi connectivity index (χ3n) is 2.45. The van der Waals surface area contributed by atoms with Crippen molar-refractivity contribution in [1.82, 2.24) is 0 Å². The van der Waals surface area contributed by atoms with Crippen LogP contribution in [0.5, 0.6) is 0 Å². The molecule has 0 bridgehead atoms. The smallest absolute Gasteiger partial charge is 0.0629 e. The fraction of sp³-hybridized carbons (Fsp3) is 0. The second kappa shape index (κ2) is 6.47. The SMILES string of the molecule is S/C=C(\S)c1ccc(C=Nc2ccccc2)cc1. The van der Waals surface area contributed by atoms with Gasteiger partial charge in [0.15, 0.2) is 0 Å². The topological polar surface area (TPSA) is 12.4 Å². The Morgan fingerprint density at radius 2 is 1.61 bits per heavy atom. The molecule has 0 saturated carbocycles. The quantitative estimate of drug-likeness (QED) is 0.598. The van der Waals surface area contributed by atoms with Gasteiger partial charge in [0.05, 0.1) is 5.69 Å². The first kappa shape index (κ1) is 13.0. The number of aliphatic imine (C=N–C) groups is 1. The van der Waals surface area contributed by atoms with Crippen molar-refractivity contribution in [2.45, 2.75) is 0 Å². The minimum Gasteiger partial charge on any atom is -0.256 e. The van der Waals surface area contributed by atoms with Crippen molar-refractivity contribution in [2.24, 2.45) is 4.99 Å². The Kier molecular flexibility index (Phi) is 4.67. The summed E-state index contributed by atoms with van der Waals surface area (Å²) in [5.74, 6) is 0. The second-order valence-electron chi connectivity index (χ2n) is 3.73. The van der Waals surface area contributed by atoms with Crippen LogP contribution in [0, 0.1) is 0 Å².